The number of nitrogens with zero attached hydrogens (tertiary/aromatic N) is 1. The average Bonchev–Trinajstić information content (AvgIpc) is 2.54. The predicted molar refractivity (Wildman–Crippen MR) is 90.9 cm³/mol. The summed E-state index contributed by atoms with van der Waals surface area (Å²) in [5.74, 6) is 1.16. The van der Waals surface area contributed by atoms with Crippen molar-refractivity contribution in [3.8, 4) is 0 Å². The van der Waals surface area contributed by atoms with Gasteiger partial charge in [-0.2, -0.15) is 0 Å². The molecule has 0 aromatic heterocycles. The summed E-state index contributed by atoms with van der Waals surface area (Å²) >= 11 is 0. The van der Waals surface area contributed by atoms with Gasteiger partial charge in [-0.3, -0.25) is 9.69 Å². The largest absolute Gasteiger partial charge is 0.388 e. The van der Waals surface area contributed by atoms with Crippen LogP contribution >= 0.6 is 0 Å². The number of rotatable bonds is 6. The summed E-state index contributed by atoms with van der Waals surface area (Å²) in [7, 11) is 0. The van der Waals surface area contributed by atoms with Crippen LogP contribution in [-0.2, 0) is 4.79 Å². The molecule has 2 aliphatic rings. The Morgan fingerprint density at radius 3 is 2.48 bits per heavy atom. The average molecular weight is 316 g/mol. The Morgan fingerprint density at radius 1 is 1.17 bits per heavy atom. The summed E-state index contributed by atoms with van der Waals surface area (Å²) in [5.41, 5.74) is 1.00. The summed E-state index contributed by atoms with van der Waals surface area (Å²) in [6, 6.07) is 9.90. The lowest BCUT2D eigenvalue weighted by molar-refractivity contribution is -0.123. The molecule has 4 heteroatoms. The Bertz CT molecular complexity index is 493. The number of aliphatic hydroxyl groups excluding tert-OH is 1. The van der Waals surface area contributed by atoms with Crippen LogP contribution in [0.5, 0.6) is 0 Å². The minimum Gasteiger partial charge on any atom is -0.388 e. The number of carbonyl (C=O) groups is 1. The molecule has 4 nitrogen and oxygen atoms in total. The van der Waals surface area contributed by atoms with Gasteiger partial charge >= 0.3 is 0 Å². The van der Waals surface area contributed by atoms with Gasteiger partial charge in [0.25, 0.3) is 0 Å². The van der Waals surface area contributed by atoms with Crippen LogP contribution in [0.2, 0.25) is 0 Å². The highest BCUT2D eigenvalue weighted by Crippen LogP contribution is 2.30. The third-order valence-corrected chi connectivity index (χ3v) is 5.40. The van der Waals surface area contributed by atoms with Crippen molar-refractivity contribution in [1.82, 2.24) is 10.2 Å². The van der Waals surface area contributed by atoms with Gasteiger partial charge in [0.1, 0.15) is 0 Å². The van der Waals surface area contributed by atoms with E-state index in [-0.39, 0.29) is 12.0 Å². The van der Waals surface area contributed by atoms with Crippen molar-refractivity contribution in [2.75, 3.05) is 26.2 Å². The molecule has 0 bridgehead atoms. The molecule has 0 spiro atoms. The number of amides is 1. The fourth-order valence-electron chi connectivity index (χ4n) is 3.56. The van der Waals surface area contributed by atoms with Crippen molar-refractivity contribution in [3.63, 3.8) is 0 Å². The third kappa shape index (κ3) is 4.55. The molecule has 3 rings (SSSR count). The van der Waals surface area contributed by atoms with Gasteiger partial charge in [0.05, 0.1) is 12.6 Å². The predicted octanol–water partition coefficient (Wildman–Crippen LogP) is 2.35. The van der Waals surface area contributed by atoms with Gasteiger partial charge in [-0.1, -0.05) is 36.8 Å². The van der Waals surface area contributed by atoms with Crippen molar-refractivity contribution in [1.29, 1.82) is 0 Å². The summed E-state index contributed by atoms with van der Waals surface area (Å²) in [4.78, 5) is 14.2. The summed E-state index contributed by atoms with van der Waals surface area (Å²) in [6.45, 7) is 3.14. The van der Waals surface area contributed by atoms with Gasteiger partial charge in [0.2, 0.25) is 5.91 Å². The zero-order chi connectivity index (χ0) is 16.1. The maximum absolute atomic E-state index is 12.0. The first kappa shape index (κ1) is 16.5. The molecule has 23 heavy (non-hydrogen) atoms. The lowest BCUT2D eigenvalue weighted by atomic mass is 9.85. The molecule has 1 saturated carbocycles. The van der Waals surface area contributed by atoms with E-state index in [0.717, 1.165) is 38.0 Å². The van der Waals surface area contributed by atoms with Crippen LogP contribution < -0.4 is 5.32 Å². The van der Waals surface area contributed by atoms with Crippen LogP contribution in [0.25, 0.3) is 0 Å². The van der Waals surface area contributed by atoms with Crippen LogP contribution in [0.15, 0.2) is 30.3 Å². The summed E-state index contributed by atoms with van der Waals surface area (Å²) in [5, 5.41) is 13.6. The molecule has 1 amide bonds. The number of likely N-dealkylation sites (tertiary alicyclic amines) is 1. The summed E-state index contributed by atoms with van der Waals surface area (Å²) < 4.78 is 0. The molecule has 1 aliphatic heterocycles. The van der Waals surface area contributed by atoms with Crippen LogP contribution in [0.4, 0.5) is 0 Å². The standard InChI is InChI=1S/C19H28N2O2/c22-18(20-13-15-5-4-6-15)14-21-11-9-17(10-12-21)19(23)16-7-2-1-3-8-16/h1-3,7-8,15,17,19,23H,4-6,9-14H2,(H,20,22). The van der Waals surface area contributed by atoms with Gasteiger partial charge < -0.3 is 10.4 Å². The quantitative estimate of drug-likeness (QED) is 0.847. The highest BCUT2D eigenvalue weighted by atomic mass is 16.3. The smallest absolute Gasteiger partial charge is 0.234 e. The van der Waals surface area contributed by atoms with Crippen LogP contribution in [0, 0.1) is 11.8 Å². The maximum atomic E-state index is 12.0. The second-order valence-corrected chi connectivity index (χ2v) is 7.07. The van der Waals surface area contributed by atoms with E-state index in [2.05, 4.69) is 10.2 Å². The Labute approximate surface area is 138 Å². The molecule has 2 N–H and O–H groups in total. The Morgan fingerprint density at radius 2 is 1.87 bits per heavy atom. The fourth-order valence-corrected chi connectivity index (χ4v) is 3.56. The van der Waals surface area contributed by atoms with E-state index in [1.807, 2.05) is 30.3 Å². The SMILES string of the molecule is O=C(CN1CCC(C(O)c2ccccc2)CC1)NCC1CCC1. The first-order valence-electron chi connectivity index (χ1n) is 8.94. The van der Waals surface area contributed by atoms with Crippen LogP contribution in [0.3, 0.4) is 0 Å². The molecule has 1 aromatic rings. The topological polar surface area (TPSA) is 52.6 Å². The molecule has 0 radical (unpaired) electrons. The second kappa shape index (κ2) is 7.93. The van der Waals surface area contributed by atoms with Crippen molar-refractivity contribution < 1.29 is 9.90 Å². The van der Waals surface area contributed by atoms with Crippen LogP contribution in [-0.4, -0.2) is 42.1 Å². The normalized spacial score (nSPS) is 21.6. The van der Waals surface area contributed by atoms with Crippen molar-refractivity contribution >= 4 is 5.91 Å². The van der Waals surface area contributed by atoms with E-state index in [1.54, 1.807) is 0 Å². The van der Waals surface area contributed by atoms with Crippen molar-refractivity contribution in [3.05, 3.63) is 35.9 Å². The molecule has 2 fully saturated rings. The van der Waals surface area contributed by atoms with Gasteiger partial charge in [0.15, 0.2) is 0 Å². The maximum Gasteiger partial charge on any atom is 0.234 e. The molecular formula is C19H28N2O2. The monoisotopic (exact) mass is 316 g/mol. The lowest BCUT2D eigenvalue weighted by Gasteiger charge is -2.34. The van der Waals surface area contributed by atoms with E-state index >= 15 is 0 Å². The summed E-state index contributed by atoms with van der Waals surface area (Å²) in [6.07, 6.45) is 5.37. The lowest BCUT2D eigenvalue weighted by Crippen LogP contribution is -2.43. The van der Waals surface area contributed by atoms with E-state index in [1.165, 1.54) is 19.3 Å². The van der Waals surface area contributed by atoms with Crippen molar-refractivity contribution in [2.45, 2.75) is 38.2 Å². The second-order valence-electron chi connectivity index (χ2n) is 7.07. The number of hydrogen-bond acceptors (Lipinski definition) is 3. The molecule has 1 heterocycles. The molecule has 1 aliphatic carbocycles. The molecule has 1 aromatic carbocycles. The van der Waals surface area contributed by atoms with E-state index in [4.69, 9.17) is 0 Å². The number of hydrogen-bond donors (Lipinski definition) is 2. The minimum absolute atomic E-state index is 0.152. The number of carbonyl (C=O) groups excluding carboxylic acids is 1. The third-order valence-electron chi connectivity index (χ3n) is 5.40. The highest BCUT2D eigenvalue weighted by Gasteiger charge is 2.27. The Balaban J connectivity index is 1.38. The van der Waals surface area contributed by atoms with Gasteiger partial charge in [0, 0.05) is 6.54 Å². The molecule has 1 atom stereocenters. The zero-order valence-corrected chi connectivity index (χ0v) is 13.8. The zero-order valence-electron chi connectivity index (χ0n) is 13.8. The first-order chi connectivity index (χ1) is 11.2. The Kier molecular flexibility index (Phi) is 5.68. The number of piperidine rings is 1. The van der Waals surface area contributed by atoms with Gasteiger partial charge in [-0.25, -0.2) is 0 Å². The van der Waals surface area contributed by atoms with Gasteiger partial charge in [-0.05, 0) is 56.2 Å². The van der Waals surface area contributed by atoms with E-state index in [0.29, 0.717) is 18.4 Å². The number of aliphatic hydroxyl groups is 1. The molecule has 126 valence electrons. The van der Waals surface area contributed by atoms with E-state index in [9.17, 15) is 9.90 Å². The number of benzene rings is 1. The minimum atomic E-state index is -0.384. The Hall–Kier alpha value is -1.39. The molecule has 1 saturated heterocycles. The molecular weight excluding hydrogens is 288 g/mol. The van der Waals surface area contributed by atoms with Crippen LogP contribution in [0.1, 0.15) is 43.8 Å². The fraction of sp³-hybridized carbons (Fsp3) is 0.632. The van der Waals surface area contributed by atoms with E-state index < -0.39 is 0 Å². The van der Waals surface area contributed by atoms with Crippen molar-refractivity contribution in [2.24, 2.45) is 11.8 Å². The van der Waals surface area contributed by atoms with Gasteiger partial charge in [-0.15, -0.1) is 0 Å². The molecule has 1 unspecified atom stereocenters. The number of nitrogens with one attached hydrogen (secondary N) is 1. The highest BCUT2D eigenvalue weighted by molar-refractivity contribution is 5.78. The first-order valence-corrected chi connectivity index (χ1v) is 8.94.